The maximum atomic E-state index is 12.4. The minimum Gasteiger partial charge on any atom is -0.474 e. The molecule has 7 heteroatoms. The monoisotopic (exact) mass is 387 g/mol. The Bertz CT molecular complexity index is 785. The van der Waals surface area contributed by atoms with Crippen LogP contribution in [0.25, 0.3) is 0 Å². The number of carbonyl (C=O) groups is 2. The van der Waals surface area contributed by atoms with Gasteiger partial charge >= 0.3 is 0 Å². The van der Waals surface area contributed by atoms with Gasteiger partial charge < -0.3 is 15.4 Å². The Morgan fingerprint density at radius 3 is 2.37 bits per heavy atom. The minimum atomic E-state index is -0.139. The number of hydrogen-bond donors (Lipinski definition) is 2. The van der Waals surface area contributed by atoms with Crippen molar-refractivity contribution in [1.29, 1.82) is 0 Å². The first-order valence-electron chi connectivity index (χ1n) is 8.96. The SMILES string of the molecule is CC(=O)Nc1ccc(C(=O)NC2CCC(Oc3ccc(Cl)cn3)CC2)cc1. The van der Waals surface area contributed by atoms with Gasteiger partial charge in [0.2, 0.25) is 11.8 Å². The third kappa shape index (κ3) is 5.69. The Morgan fingerprint density at radius 2 is 1.78 bits per heavy atom. The average Bonchev–Trinajstić information content (AvgIpc) is 2.65. The molecule has 2 N–H and O–H groups in total. The number of nitrogens with zero attached hydrogens (tertiary/aromatic N) is 1. The number of benzene rings is 1. The summed E-state index contributed by atoms with van der Waals surface area (Å²) in [6.07, 6.45) is 5.10. The molecule has 0 aliphatic heterocycles. The number of nitrogens with one attached hydrogen (secondary N) is 2. The molecule has 1 fully saturated rings. The number of amides is 2. The second-order valence-corrected chi connectivity index (χ2v) is 7.07. The Hall–Kier alpha value is -2.60. The van der Waals surface area contributed by atoms with Crippen molar-refractivity contribution >= 4 is 29.1 Å². The largest absolute Gasteiger partial charge is 0.474 e. The number of ether oxygens (including phenoxy) is 1. The highest BCUT2D eigenvalue weighted by molar-refractivity contribution is 6.30. The zero-order valence-electron chi connectivity index (χ0n) is 15.1. The van der Waals surface area contributed by atoms with Gasteiger partial charge in [0.15, 0.2) is 0 Å². The highest BCUT2D eigenvalue weighted by atomic mass is 35.5. The highest BCUT2D eigenvalue weighted by Gasteiger charge is 2.24. The maximum absolute atomic E-state index is 12.4. The Labute approximate surface area is 163 Å². The van der Waals surface area contributed by atoms with Gasteiger partial charge in [-0.3, -0.25) is 9.59 Å². The molecule has 1 aliphatic rings. The third-order valence-electron chi connectivity index (χ3n) is 4.46. The van der Waals surface area contributed by atoms with Crippen LogP contribution >= 0.6 is 11.6 Å². The lowest BCUT2D eigenvalue weighted by molar-refractivity contribution is -0.114. The van der Waals surface area contributed by atoms with Crippen molar-refractivity contribution in [3.05, 3.63) is 53.2 Å². The molecule has 0 bridgehead atoms. The van der Waals surface area contributed by atoms with E-state index in [1.165, 1.54) is 6.92 Å². The Balaban J connectivity index is 1.46. The fraction of sp³-hybridized carbons (Fsp3) is 0.350. The van der Waals surface area contributed by atoms with Crippen LogP contribution in [0.1, 0.15) is 43.0 Å². The molecule has 2 amide bonds. The fourth-order valence-electron chi connectivity index (χ4n) is 3.10. The quantitative estimate of drug-likeness (QED) is 0.817. The predicted molar refractivity (Wildman–Crippen MR) is 104 cm³/mol. The zero-order valence-corrected chi connectivity index (χ0v) is 15.8. The van der Waals surface area contributed by atoms with Gasteiger partial charge in [-0.15, -0.1) is 0 Å². The average molecular weight is 388 g/mol. The zero-order chi connectivity index (χ0) is 19.2. The van der Waals surface area contributed by atoms with E-state index in [9.17, 15) is 9.59 Å². The van der Waals surface area contributed by atoms with Crippen molar-refractivity contribution in [2.24, 2.45) is 0 Å². The molecule has 142 valence electrons. The molecule has 0 atom stereocenters. The van der Waals surface area contributed by atoms with E-state index in [0.717, 1.165) is 25.7 Å². The fourth-order valence-corrected chi connectivity index (χ4v) is 3.22. The smallest absolute Gasteiger partial charge is 0.251 e. The van der Waals surface area contributed by atoms with Gasteiger partial charge in [-0.2, -0.15) is 0 Å². The van der Waals surface area contributed by atoms with E-state index >= 15 is 0 Å². The van der Waals surface area contributed by atoms with Gasteiger partial charge in [0, 0.05) is 36.5 Å². The molecule has 2 aromatic rings. The molecule has 1 aromatic carbocycles. The molecule has 0 radical (unpaired) electrons. The molecule has 1 heterocycles. The summed E-state index contributed by atoms with van der Waals surface area (Å²) in [5, 5.41) is 6.34. The lowest BCUT2D eigenvalue weighted by Gasteiger charge is -2.29. The highest BCUT2D eigenvalue weighted by Crippen LogP contribution is 2.24. The molecule has 1 saturated carbocycles. The van der Waals surface area contributed by atoms with Crippen LogP contribution in [0.5, 0.6) is 5.88 Å². The first-order valence-corrected chi connectivity index (χ1v) is 9.34. The molecule has 6 nitrogen and oxygen atoms in total. The van der Waals surface area contributed by atoms with Crippen molar-refractivity contribution in [2.75, 3.05) is 5.32 Å². The number of carbonyl (C=O) groups excluding carboxylic acids is 2. The molecular formula is C20H22ClN3O3. The van der Waals surface area contributed by atoms with Crippen molar-refractivity contribution in [2.45, 2.75) is 44.8 Å². The summed E-state index contributed by atoms with van der Waals surface area (Å²) >= 11 is 5.83. The summed E-state index contributed by atoms with van der Waals surface area (Å²) in [7, 11) is 0. The lowest BCUT2D eigenvalue weighted by atomic mass is 9.92. The van der Waals surface area contributed by atoms with E-state index in [0.29, 0.717) is 22.2 Å². The van der Waals surface area contributed by atoms with E-state index in [1.54, 1.807) is 42.6 Å². The lowest BCUT2D eigenvalue weighted by Crippen LogP contribution is -2.39. The molecule has 0 saturated heterocycles. The molecule has 1 aromatic heterocycles. The topological polar surface area (TPSA) is 80.3 Å². The van der Waals surface area contributed by atoms with Crippen LogP contribution in [0.3, 0.4) is 0 Å². The Kier molecular flexibility index (Phi) is 6.29. The van der Waals surface area contributed by atoms with Crippen LogP contribution in [-0.2, 0) is 4.79 Å². The van der Waals surface area contributed by atoms with Gasteiger partial charge in [0.05, 0.1) is 5.02 Å². The summed E-state index contributed by atoms with van der Waals surface area (Å²) in [6, 6.07) is 10.5. The number of hydrogen-bond acceptors (Lipinski definition) is 4. The van der Waals surface area contributed by atoms with Crippen LogP contribution in [0, 0.1) is 0 Å². The first kappa shape index (κ1) is 19.2. The van der Waals surface area contributed by atoms with Gasteiger partial charge in [0.25, 0.3) is 5.91 Å². The Morgan fingerprint density at radius 1 is 1.07 bits per heavy atom. The summed E-state index contributed by atoms with van der Waals surface area (Å²) in [4.78, 5) is 27.6. The summed E-state index contributed by atoms with van der Waals surface area (Å²) in [5.41, 5.74) is 1.25. The van der Waals surface area contributed by atoms with Gasteiger partial charge in [-0.25, -0.2) is 4.98 Å². The molecule has 1 aliphatic carbocycles. The molecule has 0 spiro atoms. The third-order valence-corrected chi connectivity index (χ3v) is 4.69. The van der Waals surface area contributed by atoms with Crippen molar-refractivity contribution in [3.8, 4) is 5.88 Å². The first-order chi connectivity index (χ1) is 13.0. The number of halogens is 1. The van der Waals surface area contributed by atoms with E-state index in [2.05, 4.69) is 15.6 Å². The van der Waals surface area contributed by atoms with Crippen LogP contribution in [0.4, 0.5) is 5.69 Å². The summed E-state index contributed by atoms with van der Waals surface area (Å²) < 4.78 is 5.88. The number of pyridine rings is 1. The van der Waals surface area contributed by atoms with Crippen LogP contribution in [0.15, 0.2) is 42.6 Å². The number of anilines is 1. The molecule has 3 rings (SSSR count). The predicted octanol–water partition coefficient (Wildman–Crippen LogP) is 3.81. The normalized spacial score (nSPS) is 19.2. The van der Waals surface area contributed by atoms with Gasteiger partial charge in [-0.05, 0) is 56.0 Å². The molecule has 0 unspecified atom stereocenters. The van der Waals surface area contributed by atoms with E-state index in [-0.39, 0.29) is 24.0 Å². The second kappa shape index (κ2) is 8.86. The van der Waals surface area contributed by atoms with E-state index in [1.807, 2.05) is 0 Å². The van der Waals surface area contributed by atoms with Crippen LogP contribution in [0.2, 0.25) is 5.02 Å². The van der Waals surface area contributed by atoms with E-state index < -0.39 is 0 Å². The van der Waals surface area contributed by atoms with E-state index in [4.69, 9.17) is 16.3 Å². The maximum Gasteiger partial charge on any atom is 0.251 e. The van der Waals surface area contributed by atoms with Crippen LogP contribution in [-0.4, -0.2) is 28.9 Å². The second-order valence-electron chi connectivity index (χ2n) is 6.64. The summed E-state index contributed by atoms with van der Waals surface area (Å²) in [6.45, 7) is 1.45. The number of aromatic nitrogens is 1. The summed E-state index contributed by atoms with van der Waals surface area (Å²) in [5.74, 6) is 0.333. The van der Waals surface area contributed by atoms with Crippen molar-refractivity contribution in [3.63, 3.8) is 0 Å². The van der Waals surface area contributed by atoms with Crippen molar-refractivity contribution < 1.29 is 14.3 Å². The molecule has 27 heavy (non-hydrogen) atoms. The standard InChI is InChI=1S/C20H22ClN3O3/c1-13(25)23-16-5-2-14(3-6-16)20(26)24-17-7-9-18(10-8-17)27-19-11-4-15(21)12-22-19/h2-6,11-12,17-18H,7-10H2,1H3,(H,23,25)(H,24,26). The van der Waals surface area contributed by atoms with Gasteiger partial charge in [-0.1, -0.05) is 11.6 Å². The van der Waals surface area contributed by atoms with Crippen LogP contribution < -0.4 is 15.4 Å². The molecular weight excluding hydrogens is 366 g/mol. The van der Waals surface area contributed by atoms with Gasteiger partial charge in [0.1, 0.15) is 6.10 Å². The van der Waals surface area contributed by atoms with Crippen molar-refractivity contribution in [1.82, 2.24) is 10.3 Å². The minimum absolute atomic E-state index is 0.101. The number of rotatable bonds is 5.